The van der Waals surface area contributed by atoms with E-state index in [4.69, 9.17) is 0 Å². The Morgan fingerprint density at radius 3 is 2.50 bits per heavy atom. The first-order valence-corrected chi connectivity index (χ1v) is 7.60. The number of carbonyl (C=O) groups excluding carboxylic acids is 1. The number of benzene rings is 2. The molecular weight excluding hydrogens is 343 g/mol. The van der Waals surface area contributed by atoms with Gasteiger partial charge in [-0.1, -0.05) is 36.1 Å². The summed E-state index contributed by atoms with van der Waals surface area (Å²) in [6.45, 7) is -0.112. The maximum atomic E-state index is 12.9. The highest BCUT2D eigenvalue weighted by molar-refractivity contribution is 5.93. The summed E-state index contributed by atoms with van der Waals surface area (Å²) in [4.78, 5) is 20.4. The molecule has 130 valence electrons. The molecule has 2 aromatic carbocycles. The summed E-state index contributed by atoms with van der Waals surface area (Å²) < 4.78 is 38.6. The third-order valence-corrected chi connectivity index (χ3v) is 3.47. The molecule has 4 nitrogen and oxygen atoms in total. The van der Waals surface area contributed by atoms with Crippen LogP contribution in [-0.4, -0.2) is 22.4 Å². The van der Waals surface area contributed by atoms with Crippen molar-refractivity contribution in [1.29, 1.82) is 0 Å². The summed E-state index contributed by atoms with van der Waals surface area (Å²) in [5.41, 5.74) is 0.401. The molecule has 0 saturated carbocycles. The Kier molecular flexibility index (Phi) is 4.85. The van der Waals surface area contributed by atoms with E-state index in [0.29, 0.717) is 11.0 Å². The van der Waals surface area contributed by atoms with Gasteiger partial charge in [-0.25, -0.2) is 4.98 Å². The van der Waals surface area contributed by atoms with Crippen molar-refractivity contribution in [2.24, 2.45) is 0 Å². The zero-order valence-corrected chi connectivity index (χ0v) is 13.3. The Hall–Kier alpha value is -3.40. The fourth-order valence-electron chi connectivity index (χ4n) is 2.26. The van der Waals surface area contributed by atoms with Gasteiger partial charge in [-0.05, 0) is 24.3 Å². The lowest BCUT2D eigenvalue weighted by molar-refractivity contribution is -0.137. The Bertz CT molecular complexity index is 1020. The van der Waals surface area contributed by atoms with E-state index in [0.717, 1.165) is 6.07 Å². The molecule has 1 heterocycles. The molecule has 3 aromatic rings. The third-order valence-electron chi connectivity index (χ3n) is 3.47. The van der Waals surface area contributed by atoms with Crippen LogP contribution < -0.4 is 5.32 Å². The number of alkyl halides is 3. The molecule has 0 aliphatic carbocycles. The minimum atomic E-state index is -4.48. The zero-order valence-electron chi connectivity index (χ0n) is 13.3. The maximum Gasteiger partial charge on any atom is 0.417 e. The summed E-state index contributed by atoms with van der Waals surface area (Å²) in [7, 11) is 0. The van der Waals surface area contributed by atoms with E-state index in [2.05, 4.69) is 27.1 Å². The van der Waals surface area contributed by atoms with Crippen LogP contribution in [0.1, 0.15) is 21.6 Å². The average molecular weight is 355 g/mol. The van der Waals surface area contributed by atoms with Crippen molar-refractivity contribution >= 4 is 16.9 Å². The SMILES string of the molecule is O=C(NCC#Cc1ccccc1C(F)(F)F)c1cnc2ccccc2n1. The molecule has 1 aromatic heterocycles. The normalized spacial score (nSPS) is 10.9. The molecule has 7 heteroatoms. The first kappa shape index (κ1) is 17.4. The van der Waals surface area contributed by atoms with Gasteiger partial charge < -0.3 is 5.32 Å². The molecule has 0 saturated heterocycles. The molecule has 0 unspecified atom stereocenters. The average Bonchev–Trinajstić information content (AvgIpc) is 2.64. The first-order chi connectivity index (χ1) is 12.4. The van der Waals surface area contributed by atoms with Crippen molar-refractivity contribution in [3.05, 3.63) is 71.5 Å². The number of nitrogens with one attached hydrogen (secondary N) is 1. The van der Waals surface area contributed by atoms with Crippen molar-refractivity contribution in [3.63, 3.8) is 0 Å². The van der Waals surface area contributed by atoms with Gasteiger partial charge in [0, 0.05) is 5.56 Å². The summed E-state index contributed by atoms with van der Waals surface area (Å²) in [5, 5.41) is 2.50. The van der Waals surface area contributed by atoms with Gasteiger partial charge in [0.1, 0.15) is 5.69 Å². The smallest absolute Gasteiger partial charge is 0.340 e. The Labute approximate surface area is 147 Å². The van der Waals surface area contributed by atoms with E-state index in [1.54, 1.807) is 18.2 Å². The molecule has 0 bridgehead atoms. The number of hydrogen-bond donors (Lipinski definition) is 1. The molecule has 0 radical (unpaired) electrons. The third kappa shape index (κ3) is 3.98. The molecule has 0 aliphatic heterocycles. The highest BCUT2D eigenvalue weighted by Gasteiger charge is 2.32. The number of aromatic nitrogens is 2. The van der Waals surface area contributed by atoms with Gasteiger partial charge in [0.2, 0.25) is 0 Å². The van der Waals surface area contributed by atoms with Crippen LogP contribution in [0.25, 0.3) is 11.0 Å². The second-order valence-electron chi connectivity index (χ2n) is 5.27. The summed E-state index contributed by atoms with van der Waals surface area (Å²) in [6, 6.07) is 12.1. The van der Waals surface area contributed by atoms with Crippen LogP contribution in [0.3, 0.4) is 0 Å². The van der Waals surface area contributed by atoms with E-state index in [9.17, 15) is 18.0 Å². The minimum absolute atomic E-state index is 0.112. The van der Waals surface area contributed by atoms with Gasteiger partial charge in [0.05, 0.1) is 29.3 Å². The largest absolute Gasteiger partial charge is 0.417 e. The summed E-state index contributed by atoms with van der Waals surface area (Å²) in [5.74, 6) is 4.46. The van der Waals surface area contributed by atoms with Crippen LogP contribution in [0.4, 0.5) is 13.2 Å². The highest BCUT2D eigenvalue weighted by Crippen LogP contribution is 2.31. The number of carbonyl (C=O) groups is 1. The Morgan fingerprint density at radius 2 is 1.73 bits per heavy atom. The lowest BCUT2D eigenvalue weighted by Crippen LogP contribution is -2.24. The number of nitrogens with zero attached hydrogens (tertiary/aromatic N) is 2. The molecule has 0 spiro atoms. The van der Waals surface area contributed by atoms with Gasteiger partial charge in [0.25, 0.3) is 5.91 Å². The Balaban J connectivity index is 1.69. The molecular formula is C19H12F3N3O. The summed E-state index contributed by atoms with van der Waals surface area (Å²) in [6.07, 6.45) is -3.14. The quantitative estimate of drug-likeness (QED) is 0.717. The molecule has 3 rings (SSSR count). The number of para-hydroxylation sites is 2. The van der Waals surface area contributed by atoms with Crippen LogP contribution in [0.5, 0.6) is 0 Å². The molecule has 0 atom stereocenters. The number of fused-ring (bicyclic) bond motifs is 1. The monoisotopic (exact) mass is 355 g/mol. The van der Waals surface area contributed by atoms with E-state index >= 15 is 0 Å². The second kappa shape index (κ2) is 7.23. The highest BCUT2D eigenvalue weighted by atomic mass is 19.4. The number of amides is 1. The van der Waals surface area contributed by atoms with E-state index < -0.39 is 17.6 Å². The van der Waals surface area contributed by atoms with Crippen molar-refractivity contribution in [2.75, 3.05) is 6.54 Å². The van der Waals surface area contributed by atoms with Crippen LogP contribution in [0.15, 0.2) is 54.7 Å². The number of halogens is 3. The van der Waals surface area contributed by atoms with Crippen LogP contribution in [-0.2, 0) is 6.18 Å². The fourth-order valence-corrected chi connectivity index (χ4v) is 2.26. The maximum absolute atomic E-state index is 12.9. The summed E-state index contributed by atoms with van der Waals surface area (Å²) >= 11 is 0. The predicted molar refractivity (Wildman–Crippen MR) is 90.2 cm³/mol. The van der Waals surface area contributed by atoms with Gasteiger partial charge in [-0.2, -0.15) is 13.2 Å². The predicted octanol–water partition coefficient (Wildman–Crippen LogP) is 3.43. The topological polar surface area (TPSA) is 54.9 Å². The molecule has 1 amide bonds. The molecule has 0 fully saturated rings. The van der Waals surface area contributed by atoms with Gasteiger partial charge in [-0.15, -0.1) is 0 Å². The van der Waals surface area contributed by atoms with E-state index in [1.807, 2.05) is 6.07 Å². The molecule has 0 aliphatic rings. The van der Waals surface area contributed by atoms with Gasteiger partial charge >= 0.3 is 6.18 Å². The lowest BCUT2D eigenvalue weighted by atomic mass is 10.1. The number of hydrogen-bond acceptors (Lipinski definition) is 3. The van der Waals surface area contributed by atoms with Crippen molar-refractivity contribution in [2.45, 2.75) is 6.18 Å². The fraction of sp³-hybridized carbons (Fsp3) is 0.105. The van der Waals surface area contributed by atoms with Crippen LogP contribution >= 0.6 is 0 Å². The van der Waals surface area contributed by atoms with Gasteiger partial charge in [0.15, 0.2) is 0 Å². The lowest BCUT2D eigenvalue weighted by Gasteiger charge is -2.08. The zero-order chi connectivity index (χ0) is 18.6. The van der Waals surface area contributed by atoms with Crippen LogP contribution in [0, 0.1) is 11.8 Å². The molecule has 1 N–H and O–H groups in total. The van der Waals surface area contributed by atoms with Crippen LogP contribution in [0.2, 0.25) is 0 Å². The Morgan fingerprint density at radius 1 is 1.04 bits per heavy atom. The standard InChI is InChI=1S/C19H12F3N3O/c20-19(21,22)14-8-2-1-6-13(14)7-5-11-23-18(26)17-12-24-15-9-3-4-10-16(15)25-17/h1-4,6,8-10,12H,11H2,(H,23,26). The van der Waals surface area contributed by atoms with Crippen molar-refractivity contribution < 1.29 is 18.0 Å². The minimum Gasteiger partial charge on any atom is -0.340 e. The van der Waals surface area contributed by atoms with E-state index in [-0.39, 0.29) is 17.8 Å². The number of rotatable bonds is 2. The second-order valence-corrected chi connectivity index (χ2v) is 5.27. The molecule has 26 heavy (non-hydrogen) atoms. The van der Waals surface area contributed by atoms with Crippen molar-refractivity contribution in [3.8, 4) is 11.8 Å². The van der Waals surface area contributed by atoms with Gasteiger partial charge in [-0.3, -0.25) is 9.78 Å². The van der Waals surface area contributed by atoms with E-state index in [1.165, 1.54) is 24.4 Å². The van der Waals surface area contributed by atoms with Crippen molar-refractivity contribution in [1.82, 2.24) is 15.3 Å². The first-order valence-electron chi connectivity index (χ1n) is 7.60.